The van der Waals surface area contributed by atoms with Crippen LogP contribution in [0.25, 0.3) is 16.9 Å². The molecule has 0 fully saturated rings. The van der Waals surface area contributed by atoms with Crippen molar-refractivity contribution in [2.75, 3.05) is 6.54 Å². The smallest absolute Gasteiger partial charge is 0.256 e. The van der Waals surface area contributed by atoms with Crippen molar-refractivity contribution in [3.8, 4) is 11.3 Å². The monoisotopic (exact) mass is 406 g/mol. The minimum atomic E-state index is -0.309. The molecule has 3 aromatic heterocycles. The number of rotatable bonds is 5. The van der Waals surface area contributed by atoms with Gasteiger partial charge >= 0.3 is 0 Å². The first-order valence-corrected chi connectivity index (χ1v) is 9.76. The maximum absolute atomic E-state index is 13.3. The normalized spacial score (nSPS) is 12.3. The van der Waals surface area contributed by atoms with E-state index in [9.17, 15) is 9.18 Å². The molecule has 3 heterocycles. The van der Waals surface area contributed by atoms with Gasteiger partial charge in [-0.3, -0.25) is 9.48 Å². The van der Waals surface area contributed by atoms with Gasteiger partial charge in [-0.1, -0.05) is 0 Å². The van der Waals surface area contributed by atoms with Gasteiger partial charge in [0.2, 0.25) is 0 Å². The summed E-state index contributed by atoms with van der Waals surface area (Å²) in [7, 11) is 0. The number of hydrogen-bond donors (Lipinski definition) is 1. The van der Waals surface area contributed by atoms with Crippen molar-refractivity contribution >= 4 is 11.6 Å². The van der Waals surface area contributed by atoms with E-state index < -0.39 is 0 Å². The van der Waals surface area contributed by atoms with Crippen LogP contribution in [0.15, 0.2) is 42.7 Å². The molecule has 0 saturated heterocycles. The molecule has 0 bridgehead atoms. The summed E-state index contributed by atoms with van der Waals surface area (Å²) in [5.41, 5.74) is 5.59. The highest BCUT2D eigenvalue weighted by Crippen LogP contribution is 2.21. The maximum Gasteiger partial charge on any atom is 0.256 e. The summed E-state index contributed by atoms with van der Waals surface area (Å²) in [5, 5.41) is 11.9. The number of aryl methyl sites for hydroxylation is 1. The fourth-order valence-corrected chi connectivity index (χ4v) is 3.49. The molecule has 8 heteroatoms. The van der Waals surface area contributed by atoms with Crippen molar-refractivity contribution in [2.45, 2.75) is 33.7 Å². The van der Waals surface area contributed by atoms with E-state index in [1.807, 2.05) is 32.4 Å². The molecule has 0 spiro atoms. The van der Waals surface area contributed by atoms with Gasteiger partial charge in [-0.15, -0.1) is 0 Å². The molecule has 0 radical (unpaired) electrons. The van der Waals surface area contributed by atoms with Crippen molar-refractivity contribution in [1.29, 1.82) is 0 Å². The molecule has 0 aliphatic carbocycles. The quantitative estimate of drug-likeness (QED) is 0.549. The molecule has 154 valence electrons. The molecule has 0 aliphatic heterocycles. The Balaban J connectivity index is 1.56. The van der Waals surface area contributed by atoms with E-state index in [-0.39, 0.29) is 17.8 Å². The van der Waals surface area contributed by atoms with Gasteiger partial charge in [0.25, 0.3) is 5.91 Å². The number of amides is 1. The van der Waals surface area contributed by atoms with Gasteiger partial charge in [-0.05, 0) is 63.6 Å². The molecule has 7 nitrogen and oxygen atoms in total. The van der Waals surface area contributed by atoms with Crippen LogP contribution in [0.1, 0.15) is 40.3 Å². The molecule has 4 rings (SSSR count). The van der Waals surface area contributed by atoms with Gasteiger partial charge in [0.1, 0.15) is 11.4 Å². The summed E-state index contributed by atoms with van der Waals surface area (Å²) in [4.78, 5) is 17.1. The first-order valence-electron chi connectivity index (χ1n) is 9.76. The van der Waals surface area contributed by atoms with E-state index in [1.165, 1.54) is 18.3 Å². The van der Waals surface area contributed by atoms with Crippen LogP contribution < -0.4 is 5.32 Å². The first-order chi connectivity index (χ1) is 14.4. The van der Waals surface area contributed by atoms with E-state index in [2.05, 4.69) is 20.5 Å². The average Bonchev–Trinajstić information content (AvgIpc) is 3.29. The standard InChI is InChI=1S/C22H23FN6O/c1-13(28-16(4)14(2)15(3)27-28)11-25-22(30)19-12-26-29-20(9-10-24-21(19)29)17-5-7-18(23)8-6-17/h5-10,12-13H,11H2,1-4H3,(H,25,30). The second-order valence-corrected chi connectivity index (χ2v) is 7.43. The second-order valence-electron chi connectivity index (χ2n) is 7.43. The Labute approximate surface area is 173 Å². The molecular weight excluding hydrogens is 383 g/mol. The molecule has 0 aliphatic rings. The van der Waals surface area contributed by atoms with Crippen LogP contribution in [0.2, 0.25) is 0 Å². The largest absolute Gasteiger partial charge is 0.350 e. The number of benzene rings is 1. The summed E-state index contributed by atoms with van der Waals surface area (Å²) in [6.45, 7) is 8.49. The van der Waals surface area contributed by atoms with Crippen molar-refractivity contribution in [3.05, 3.63) is 71.1 Å². The summed E-state index contributed by atoms with van der Waals surface area (Å²) >= 11 is 0. The third-order valence-electron chi connectivity index (χ3n) is 5.45. The van der Waals surface area contributed by atoms with Gasteiger partial charge < -0.3 is 5.32 Å². The van der Waals surface area contributed by atoms with Crippen LogP contribution >= 0.6 is 0 Å². The lowest BCUT2D eigenvalue weighted by atomic mass is 10.1. The van der Waals surface area contributed by atoms with Gasteiger partial charge in [0.15, 0.2) is 5.65 Å². The van der Waals surface area contributed by atoms with E-state index in [4.69, 9.17) is 0 Å². The third kappa shape index (κ3) is 3.45. The lowest BCUT2D eigenvalue weighted by Crippen LogP contribution is -2.30. The lowest BCUT2D eigenvalue weighted by Gasteiger charge is -2.15. The fourth-order valence-electron chi connectivity index (χ4n) is 3.49. The number of nitrogens with zero attached hydrogens (tertiary/aromatic N) is 5. The van der Waals surface area contributed by atoms with Crippen LogP contribution in [-0.2, 0) is 0 Å². The van der Waals surface area contributed by atoms with Gasteiger partial charge in [-0.25, -0.2) is 13.9 Å². The highest BCUT2D eigenvalue weighted by atomic mass is 19.1. The zero-order valence-electron chi connectivity index (χ0n) is 17.3. The maximum atomic E-state index is 13.3. The predicted octanol–water partition coefficient (Wildman–Crippen LogP) is 3.65. The van der Waals surface area contributed by atoms with Crippen LogP contribution in [-0.4, -0.2) is 36.8 Å². The number of halogens is 1. The van der Waals surface area contributed by atoms with E-state index in [1.54, 1.807) is 28.9 Å². The molecular formula is C22H23FN6O. The van der Waals surface area contributed by atoms with Crippen LogP contribution in [0, 0.1) is 26.6 Å². The number of carbonyl (C=O) groups excluding carboxylic acids is 1. The molecule has 30 heavy (non-hydrogen) atoms. The Bertz CT molecular complexity index is 1220. The van der Waals surface area contributed by atoms with Crippen LogP contribution in [0.3, 0.4) is 0 Å². The predicted molar refractivity (Wildman–Crippen MR) is 112 cm³/mol. The highest BCUT2D eigenvalue weighted by molar-refractivity contribution is 5.99. The SMILES string of the molecule is Cc1nn(C(C)CNC(=O)c2cnn3c(-c4ccc(F)cc4)ccnc23)c(C)c1C. The number of carbonyl (C=O) groups is 1. The van der Waals surface area contributed by atoms with E-state index in [0.717, 1.165) is 28.2 Å². The summed E-state index contributed by atoms with van der Waals surface area (Å²) in [6, 6.07) is 7.91. The first kappa shape index (κ1) is 19.8. The molecule has 1 atom stereocenters. The minimum absolute atomic E-state index is 0.00549. The topological polar surface area (TPSA) is 77.1 Å². The van der Waals surface area contributed by atoms with E-state index in [0.29, 0.717) is 17.8 Å². The minimum Gasteiger partial charge on any atom is -0.350 e. The van der Waals surface area contributed by atoms with Gasteiger partial charge in [-0.2, -0.15) is 10.2 Å². The summed E-state index contributed by atoms with van der Waals surface area (Å²) in [5.74, 6) is -0.560. The number of nitrogens with one attached hydrogen (secondary N) is 1. The van der Waals surface area contributed by atoms with Crippen molar-refractivity contribution < 1.29 is 9.18 Å². The Kier molecular flexibility index (Phi) is 5.07. The summed E-state index contributed by atoms with van der Waals surface area (Å²) < 4.78 is 16.8. The van der Waals surface area contributed by atoms with Crippen molar-refractivity contribution in [2.24, 2.45) is 0 Å². The molecule has 0 saturated carbocycles. The Morgan fingerprint density at radius 1 is 1.17 bits per heavy atom. The Morgan fingerprint density at radius 2 is 1.90 bits per heavy atom. The van der Waals surface area contributed by atoms with Crippen molar-refractivity contribution in [3.63, 3.8) is 0 Å². The molecule has 1 N–H and O–H groups in total. The van der Waals surface area contributed by atoms with E-state index >= 15 is 0 Å². The zero-order valence-corrected chi connectivity index (χ0v) is 17.3. The third-order valence-corrected chi connectivity index (χ3v) is 5.45. The van der Waals surface area contributed by atoms with Crippen molar-refractivity contribution in [1.82, 2.24) is 29.7 Å². The fraction of sp³-hybridized carbons (Fsp3) is 0.273. The number of fused-ring (bicyclic) bond motifs is 1. The Morgan fingerprint density at radius 3 is 2.57 bits per heavy atom. The molecule has 1 aromatic carbocycles. The average molecular weight is 406 g/mol. The molecule has 4 aromatic rings. The second kappa shape index (κ2) is 7.70. The molecule has 1 amide bonds. The zero-order chi connectivity index (χ0) is 21.4. The number of aromatic nitrogens is 5. The number of hydrogen-bond acceptors (Lipinski definition) is 4. The van der Waals surface area contributed by atoms with Gasteiger partial charge in [0, 0.05) is 24.0 Å². The lowest BCUT2D eigenvalue weighted by molar-refractivity contribution is 0.0949. The molecule has 1 unspecified atom stereocenters. The van der Waals surface area contributed by atoms with Crippen LogP contribution in [0.4, 0.5) is 4.39 Å². The van der Waals surface area contributed by atoms with Crippen LogP contribution in [0.5, 0.6) is 0 Å². The Hall–Kier alpha value is -3.55. The highest BCUT2D eigenvalue weighted by Gasteiger charge is 2.18. The van der Waals surface area contributed by atoms with Gasteiger partial charge in [0.05, 0.1) is 23.6 Å². The summed E-state index contributed by atoms with van der Waals surface area (Å²) in [6.07, 6.45) is 3.12.